The van der Waals surface area contributed by atoms with Crippen molar-refractivity contribution in [2.75, 3.05) is 65.7 Å². The number of hydrogen-bond acceptors (Lipinski definition) is 7. The molecule has 3 fully saturated rings. The van der Waals surface area contributed by atoms with Crippen molar-refractivity contribution in [2.24, 2.45) is 0 Å². The minimum Gasteiger partial charge on any atom is -0.379 e. The Balaban J connectivity index is 1.60. The van der Waals surface area contributed by atoms with Crippen LogP contribution in [0.25, 0.3) is 0 Å². The average Bonchev–Trinajstić information content (AvgIpc) is 2.70. The van der Waals surface area contributed by atoms with Gasteiger partial charge in [0.15, 0.2) is 0 Å². The van der Waals surface area contributed by atoms with E-state index in [-0.39, 0.29) is 12.1 Å². The van der Waals surface area contributed by atoms with Crippen LogP contribution in [0.1, 0.15) is 25.7 Å². The maximum absolute atomic E-state index is 13.3. The Morgan fingerprint density at radius 3 is 2.15 bits per heavy atom. The van der Waals surface area contributed by atoms with Crippen LogP contribution in [-0.2, 0) is 9.47 Å². The molecule has 0 amide bonds. The van der Waals surface area contributed by atoms with Crippen LogP contribution in [0.2, 0.25) is 0 Å². The second kappa shape index (κ2) is 8.31. The van der Waals surface area contributed by atoms with Gasteiger partial charge in [0.1, 0.15) is 11.7 Å². The molecule has 0 aromatic heterocycles. The normalized spacial score (nSPS) is 32.0. The van der Waals surface area contributed by atoms with Gasteiger partial charge in [0, 0.05) is 48.8 Å². The summed E-state index contributed by atoms with van der Waals surface area (Å²) in [5, 5.41) is 12.5. The summed E-state index contributed by atoms with van der Waals surface area (Å²) in [7, 11) is 0. The molecule has 2 saturated heterocycles. The zero-order valence-corrected chi connectivity index (χ0v) is 15.5. The van der Waals surface area contributed by atoms with E-state index in [1.165, 1.54) is 9.82 Å². The molecule has 1 N–H and O–H groups in total. The first-order valence-corrected chi connectivity index (χ1v) is 10.0. The van der Waals surface area contributed by atoms with Crippen molar-refractivity contribution >= 4 is 0 Å². The fraction of sp³-hybridized carbons (Fsp3) is 0.889. The highest BCUT2D eigenvalue weighted by Crippen LogP contribution is 2.34. The van der Waals surface area contributed by atoms with Gasteiger partial charge in [-0.15, -0.1) is 0 Å². The van der Waals surface area contributed by atoms with Crippen molar-refractivity contribution in [1.29, 1.82) is 0 Å². The van der Waals surface area contributed by atoms with E-state index in [1.54, 1.807) is 0 Å². The van der Waals surface area contributed by atoms with Crippen LogP contribution in [-0.4, -0.2) is 103 Å². The Labute approximate surface area is 154 Å². The van der Waals surface area contributed by atoms with Crippen LogP contribution >= 0.6 is 0 Å². The van der Waals surface area contributed by atoms with Crippen LogP contribution in [0, 0.1) is 4.91 Å². The maximum atomic E-state index is 13.3. The highest BCUT2D eigenvalue weighted by molar-refractivity contribution is 5.14. The van der Waals surface area contributed by atoms with Crippen molar-refractivity contribution in [2.45, 2.75) is 37.8 Å². The molecule has 0 unspecified atom stereocenters. The molecule has 26 heavy (non-hydrogen) atoms. The number of hydroxylamine groups is 2. The van der Waals surface area contributed by atoms with E-state index in [4.69, 9.17) is 9.47 Å². The third kappa shape index (κ3) is 3.80. The lowest BCUT2D eigenvalue weighted by Gasteiger charge is -2.40. The SMILES string of the molecule is O=[N+]1C(CN2CCOCC2)=C(CN2CCOCC2)N(O)[C@@H]2CCCC[C@H]21. The van der Waals surface area contributed by atoms with E-state index in [9.17, 15) is 10.1 Å². The molecule has 0 aromatic rings. The Morgan fingerprint density at radius 2 is 1.50 bits per heavy atom. The van der Waals surface area contributed by atoms with Gasteiger partial charge >= 0.3 is 0 Å². The molecule has 1 aliphatic carbocycles. The molecular weight excluding hydrogens is 336 g/mol. The molecule has 0 bridgehead atoms. The van der Waals surface area contributed by atoms with Gasteiger partial charge in [0.2, 0.25) is 6.04 Å². The molecule has 0 spiro atoms. The molecule has 8 heteroatoms. The number of nitroso groups, excluding NO2 is 1. The van der Waals surface area contributed by atoms with Gasteiger partial charge in [0.25, 0.3) is 5.70 Å². The Morgan fingerprint density at radius 1 is 0.923 bits per heavy atom. The van der Waals surface area contributed by atoms with E-state index in [1.807, 2.05) is 0 Å². The van der Waals surface area contributed by atoms with Gasteiger partial charge in [0.05, 0.1) is 33.0 Å². The van der Waals surface area contributed by atoms with Gasteiger partial charge in [-0.05, 0) is 12.8 Å². The third-order valence-electron chi connectivity index (χ3n) is 6.14. The number of nitrogens with zero attached hydrogens (tertiary/aromatic N) is 4. The summed E-state index contributed by atoms with van der Waals surface area (Å²) in [5.41, 5.74) is 1.53. The average molecular weight is 367 g/mol. The van der Waals surface area contributed by atoms with E-state index >= 15 is 0 Å². The number of rotatable bonds is 4. The van der Waals surface area contributed by atoms with Crippen LogP contribution in [0.15, 0.2) is 11.4 Å². The maximum Gasteiger partial charge on any atom is 0.269 e. The molecule has 8 nitrogen and oxygen atoms in total. The topological polar surface area (TPSA) is 68.5 Å². The summed E-state index contributed by atoms with van der Waals surface area (Å²) in [6, 6.07) is -0.205. The van der Waals surface area contributed by atoms with Gasteiger partial charge in [-0.2, -0.15) is 0 Å². The van der Waals surface area contributed by atoms with Crippen molar-refractivity contribution in [3.05, 3.63) is 16.3 Å². The number of fused-ring (bicyclic) bond motifs is 1. The molecule has 3 aliphatic heterocycles. The Hall–Kier alpha value is -1.06. The molecule has 1 saturated carbocycles. The Bertz CT molecular complexity index is 543. The second-order valence-electron chi connectivity index (χ2n) is 7.76. The summed E-state index contributed by atoms with van der Waals surface area (Å²) in [6.07, 6.45) is 3.90. The quantitative estimate of drug-likeness (QED) is 0.732. The first-order valence-electron chi connectivity index (χ1n) is 10.0. The van der Waals surface area contributed by atoms with Gasteiger partial charge < -0.3 is 9.47 Å². The summed E-state index contributed by atoms with van der Waals surface area (Å²) >= 11 is 0. The van der Waals surface area contributed by atoms with E-state index in [0.717, 1.165) is 63.3 Å². The third-order valence-corrected chi connectivity index (χ3v) is 6.14. The lowest BCUT2D eigenvalue weighted by atomic mass is 9.87. The van der Waals surface area contributed by atoms with Gasteiger partial charge in [-0.3, -0.25) is 15.0 Å². The summed E-state index contributed by atoms with van der Waals surface area (Å²) in [4.78, 5) is 17.8. The zero-order valence-electron chi connectivity index (χ0n) is 15.5. The van der Waals surface area contributed by atoms with Gasteiger partial charge in [-0.1, -0.05) is 6.42 Å². The van der Waals surface area contributed by atoms with Crippen LogP contribution in [0.3, 0.4) is 0 Å². The first-order chi connectivity index (χ1) is 12.7. The van der Waals surface area contributed by atoms with Crippen molar-refractivity contribution < 1.29 is 19.4 Å². The number of ether oxygens (including phenoxy) is 2. The summed E-state index contributed by atoms with van der Waals surface area (Å²) in [6.45, 7) is 7.40. The number of hydrogen-bond donors (Lipinski definition) is 1. The molecule has 4 aliphatic rings. The smallest absolute Gasteiger partial charge is 0.269 e. The molecular formula is C18H31N4O4+. The van der Waals surface area contributed by atoms with E-state index in [2.05, 4.69) is 9.80 Å². The van der Waals surface area contributed by atoms with Crippen LogP contribution in [0.4, 0.5) is 0 Å². The fourth-order valence-corrected chi connectivity index (χ4v) is 4.58. The highest BCUT2D eigenvalue weighted by Gasteiger charge is 2.49. The lowest BCUT2D eigenvalue weighted by Crippen LogP contribution is -2.56. The fourth-order valence-electron chi connectivity index (χ4n) is 4.58. The number of morpholine rings is 2. The lowest BCUT2D eigenvalue weighted by molar-refractivity contribution is -0.568. The van der Waals surface area contributed by atoms with Crippen molar-refractivity contribution in [3.63, 3.8) is 0 Å². The summed E-state index contributed by atoms with van der Waals surface area (Å²) < 4.78 is 12.1. The molecule has 4 rings (SSSR count). The Kier molecular flexibility index (Phi) is 5.85. The van der Waals surface area contributed by atoms with E-state index in [0.29, 0.717) is 39.5 Å². The predicted octanol–water partition coefficient (Wildman–Crippen LogP) is 0.657. The minimum absolute atomic E-state index is 0.0780. The molecule has 3 heterocycles. The molecule has 2 atom stereocenters. The van der Waals surface area contributed by atoms with Crippen molar-refractivity contribution in [3.8, 4) is 0 Å². The second-order valence-corrected chi connectivity index (χ2v) is 7.76. The zero-order chi connectivity index (χ0) is 17.9. The van der Waals surface area contributed by atoms with Gasteiger partial charge in [-0.25, -0.2) is 5.06 Å². The first kappa shape index (κ1) is 18.3. The minimum atomic E-state index is -0.127. The monoisotopic (exact) mass is 367 g/mol. The van der Waals surface area contributed by atoms with Crippen LogP contribution in [0.5, 0.6) is 0 Å². The highest BCUT2D eigenvalue weighted by atomic mass is 16.5. The standard InChI is InChI=1S/C18H31N4O4/c23-21-15-3-1-2-4-16(15)22(24)18(14-20-7-11-26-12-8-20)17(21)13-19-5-9-25-10-6-19/h15-16,23H,1-14H2/q+1/t15-,16-/m1/s1. The molecule has 146 valence electrons. The predicted molar refractivity (Wildman–Crippen MR) is 94.8 cm³/mol. The van der Waals surface area contributed by atoms with Crippen molar-refractivity contribution in [1.82, 2.24) is 14.9 Å². The van der Waals surface area contributed by atoms with E-state index < -0.39 is 0 Å². The van der Waals surface area contributed by atoms with Crippen LogP contribution < -0.4 is 0 Å². The summed E-state index contributed by atoms with van der Waals surface area (Å²) in [5.74, 6) is 0. The molecule has 0 aromatic carbocycles. The molecule has 0 radical (unpaired) electrons. The largest absolute Gasteiger partial charge is 0.379 e.